The number of benzene rings is 1. The Bertz CT molecular complexity index is 489. The van der Waals surface area contributed by atoms with Crippen molar-refractivity contribution in [3.05, 3.63) is 42.8 Å². The van der Waals surface area contributed by atoms with Crippen LogP contribution in [0.5, 0.6) is 0 Å². The molecule has 20 heavy (non-hydrogen) atoms. The predicted molar refractivity (Wildman–Crippen MR) is 78.1 cm³/mol. The molecule has 1 rings (SSSR count). The Kier molecular flexibility index (Phi) is 15.5. The third kappa shape index (κ3) is 7.49. The van der Waals surface area contributed by atoms with Crippen molar-refractivity contribution in [2.75, 3.05) is 7.05 Å². The van der Waals surface area contributed by atoms with Crippen molar-refractivity contribution in [2.45, 2.75) is 20.5 Å². The molecule has 0 aliphatic rings. The van der Waals surface area contributed by atoms with E-state index in [9.17, 15) is 0 Å². The van der Waals surface area contributed by atoms with Gasteiger partial charge in [-0.25, -0.2) is 0 Å². The second-order valence-electron chi connectivity index (χ2n) is 3.65. The maximum Gasteiger partial charge on any atom is 0.143 e. The molecule has 0 saturated carbocycles. The van der Waals surface area contributed by atoms with E-state index in [-0.39, 0.29) is 45.6 Å². The fourth-order valence-corrected chi connectivity index (χ4v) is 1.34. The summed E-state index contributed by atoms with van der Waals surface area (Å²) in [6.07, 6.45) is 0. The van der Waals surface area contributed by atoms with Crippen molar-refractivity contribution in [3.63, 3.8) is 0 Å². The third-order valence-electron chi connectivity index (χ3n) is 2.07. The van der Waals surface area contributed by atoms with Gasteiger partial charge < -0.3 is 17.7 Å². The Morgan fingerprint density at radius 3 is 2.40 bits per heavy atom. The van der Waals surface area contributed by atoms with E-state index in [2.05, 4.69) is 16.2 Å². The van der Waals surface area contributed by atoms with E-state index >= 15 is 0 Å². The molecule has 0 aliphatic carbocycles. The van der Waals surface area contributed by atoms with Gasteiger partial charge in [0, 0.05) is 50.9 Å². The summed E-state index contributed by atoms with van der Waals surface area (Å²) < 4.78 is 0. The van der Waals surface area contributed by atoms with Crippen LogP contribution < -0.4 is 0 Å². The van der Waals surface area contributed by atoms with Crippen LogP contribution in [0.25, 0.3) is 0 Å². The summed E-state index contributed by atoms with van der Waals surface area (Å²) in [5.74, 6) is 0. The first kappa shape index (κ1) is 24.0. The molecule has 0 amide bonds. The van der Waals surface area contributed by atoms with Gasteiger partial charge in [-0.15, -0.1) is 0 Å². The van der Waals surface area contributed by atoms with Crippen molar-refractivity contribution in [3.8, 4) is 6.07 Å². The minimum absolute atomic E-state index is 0. The zero-order chi connectivity index (χ0) is 12.7. The number of hydrogen-bond acceptors (Lipinski definition) is 4. The summed E-state index contributed by atoms with van der Waals surface area (Å²) >= 11 is 0. The van der Waals surface area contributed by atoms with Crippen molar-refractivity contribution in [1.29, 1.82) is 5.26 Å². The Labute approximate surface area is 145 Å². The zero-order valence-corrected chi connectivity index (χ0v) is 15.2. The first-order valence-corrected chi connectivity index (χ1v) is 5.27. The monoisotopic (exact) mass is 351 g/mol. The topological polar surface area (TPSA) is 89.2 Å². The molecule has 0 aliphatic heterocycles. The summed E-state index contributed by atoms with van der Waals surface area (Å²) in [7, 11) is 1.60. The van der Waals surface area contributed by atoms with Crippen molar-refractivity contribution < 1.29 is 43.0 Å². The maximum absolute atomic E-state index is 8.97. The average Bonchev–Trinajstić information content (AvgIpc) is 2.32. The standard InChI is InChI=1S/C13H15N3O.CH3.H2O.Y/c1-10(2)16-17-9-11-6-4-5-7-12(11)13(8-14)15-3;;;/h4-7H,9H2,1-3H3;1H3;1H2;/q;-1;;. The van der Waals surface area contributed by atoms with E-state index in [1.54, 1.807) is 7.05 Å². The van der Waals surface area contributed by atoms with Crippen LogP contribution in [0.2, 0.25) is 0 Å². The number of nitrogens with zero attached hydrogens (tertiary/aromatic N) is 3. The van der Waals surface area contributed by atoms with E-state index in [0.717, 1.165) is 16.8 Å². The maximum atomic E-state index is 8.97. The molecule has 0 fully saturated rings. The second kappa shape index (κ2) is 12.9. The third-order valence-corrected chi connectivity index (χ3v) is 2.07. The van der Waals surface area contributed by atoms with Gasteiger partial charge in [-0.2, -0.15) is 5.26 Å². The number of oxime groups is 1. The smallest absolute Gasteiger partial charge is 0.143 e. The number of aliphatic imine (C=N–C) groups is 1. The molecule has 0 spiro atoms. The van der Waals surface area contributed by atoms with Gasteiger partial charge in [0.1, 0.15) is 18.4 Å². The van der Waals surface area contributed by atoms with Crippen molar-refractivity contribution in [1.82, 2.24) is 0 Å². The van der Waals surface area contributed by atoms with Crippen LogP contribution in [-0.2, 0) is 44.2 Å². The van der Waals surface area contributed by atoms with E-state index in [1.165, 1.54) is 0 Å². The summed E-state index contributed by atoms with van der Waals surface area (Å²) in [5, 5.41) is 12.8. The van der Waals surface area contributed by atoms with Crippen LogP contribution >= 0.6 is 0 Å². The van der Waals surface area contributed by atoms with Crippen LogP contribution in [0.15, 0.2) is 34.4 Å². The van der Waals surface area contributed by atoms with Crippen molar-refractivity contribution in [2.24, 2.45) is 10.1 Å². The van der Waals surface area contributed by atoms with Crippen LogP contribution in [0.1, 0.15) is 25.0 Å². The van der Waals surface area contributed by atoms with Gasteiger partial charge in [0.2, 0.25) is 0 Å². The number of nitriles is 1. The molecular weight excluding hydrogens is 331 g/mol. The molecule has 0 heterocycles. The summed E-state index contributed by atoms with van der Waals surface area (Å²) in [6, 6.07) is 9.59. The molecule has 1 aromatic rings. The van der Waals surface area contributed by atoms with Gasteiger partial charge in [-0.1, -0.05) is 29.4 Å². The van der Waals surface area contributed by atoms with Gasteiger partial charge in [-0.05, 0) is 13.8 Å². The number of hydrogen-bond donors (Lipinski definition) is 0. The average molecular weight is 351 g/mol. The molecule has 5 nitrogen and oxygen atoms in total. The summed E-state index contributed by atoms with van der Waals surface area (Å²) in [4.78, 5) is 9.13. The quantitative estimate of drug-likeness (QED) is 0.473. The molecule has 107 valence electrons. The van der Waals surface area contributed by atoms with E-state index < -0.39 is 0 Å². The Morgan fingerprint density at radius 1 is 1.30 bits per heavy atom. The molecule has 0 atom stereocenters. The van der Waals surface area contributed by atoms with Gasteiger partial charge in [0.25, 0.3) is 0 Å². The Hall–Kier alpha value is -1.09. The van der Waals surface area contributed by atoms with E-state index in [0.29, 0.717) is 12.3 Å². The van der Waals surface area contributed by atoms with Crippen LogP contribution in [0.3, 0.4) is 0 Å². The fraction of sp³-hybridized carbons (Fsp3) is 0.286. The number of rotatable bonds is 4. The first-order chi connectivity index (χ1) is 8.19. The van der Waals surface area contributed by atoms with Gasteiger partial charge in [0.05, 0.1) is 5.71 Å². The molecule has 0 bridgehead atoms. The van der Waals surface area contributed by atoms with Crippen LogP contribution in [0, 0.1) is 18.8 Å². The molecular formula is C14H20N3O2Y-. The molecule has 6 heteroatoms. The van der Waals surface area contributed by atoms with E-state index in [4.69, 9.17) is 10.1 Å². The van der Waals surface area contributed by atoms with E-state index in [1.807, 2.05) is 38.1 Å². The van der Waals surface area contributed by atoms with Crippen molar-refractivity contribution >= 4 is 11.4 Å². The molecule has 0 saturated heterocycles. The van der Waals surface area contributed by atoms with Gasteiger partial charge >= 0.3 is 0 Å². The normalized spacial score (nSPS) is 9.00. The van der Waals surface area contributed by atoms with Crippen LogP contribution in [-0.4, -0.2) is 23.9 Å². The minimum atomic E-state index is 0. The Balaban J connectivity index is -0.000000963. The van der Waals surface area contributed by atoms with Crippen LogP contribution in [0.4, 0.5) is 0 Å². The fourth-order valence-electron chi connectivity index (χ4n) is 1.34. The molecule has 0 aromatic heterocycles. The predicted octanol–water partition coefficient (Wildman–Crippen LogP) is 2.16. The zero-order valence-electron chi connectivity index (χ0n) is 12.3. The summed E-state index contributed by atoms with van der Waals surface area (Å²) in [5.41, 5.74) is 2.95. The SMILES string of the molecule is CN=C(C#N)c1ccccc1CON=C(C)C.O.[CH3-].[Y]. The minimum Gasteiger partial charge on any atom is -0.412 e. The Morgan fingerprint density at radius 2 is 1.90 bits per heavy atom. The van der Waals surface area contributed by atoms with Gasteiger partial charge in [-0.3, -0.25) is 4.99 Å². The molecule has 1 radical (unpaired) electrons. The molecule has 0 unspecified atom stereocenters. The largest absolute Gasteiger partial charge is 0.412 e. The second-order valence-corrected chi connectivity index (χ2v) is 3.65. The summed E-state index contributed by atoms with van der Waals surface area (Å²) in [6.45, 7) is 4.06. The molecule has 2 N–H and O–H groups in total. The first-order valence-electron chi connectivity index (χ1n) is 5.27. The van der Waals surface area contributed by atoms with Gasteiger partial charge in [0.15, 0.2) is 0 Å². The molecule has 1 aromatic carbocycles.